The standard InChI is InChI=1S/C26H23N3O3S/c1-17(2)19-6-4-18(5-7-19)16-27-26-28-24(20-10-14-23(32-3)15-11-20)25(33-26)21-8-12-22(13-9-21)29(30)31/h4-17H,1-3H3. The zero-order valence-electron chi connectivity index (χ0n) is 18.6. The average Bonchev–Trinajstić information content (AvgIpc) is 3.27. The van der Waals surface area contributed by atoms with Crippen LogP contribution in [0.5, 0.6) is 5.75 Å². The SMILES string of the molecule is COc1ccc(-c2nc(N=Cc3ccc(C(C)C)cc3)sc2-c2ccc([N+](=O)[O-])cc2)cc1. The van der Waals surface area contributed by atoms with Crippen LogP contribution in [-0.4, -0.2) is 23.2 Å². The van der Waals surface area contributed by atoms with Gasteiger partial charge in [0.15, 0.2) is 0 Å². The molecule has 0 aliphatic carbocycles. The van der Waals surface area contributed by atoms with Crippen molar-refractivity contribution in [1.29, 1.82) is 0 Å². The van der Waals surface area contributed by atoms with E-state index in [0.29, 0.717) is 11.0 Å². The van der Waals surface area contributed by atoms with E-state index >= 15 is 0 Å². The van der Waals surface area contributed by atoms with E-state index in [1.54, 1.807) is 25.5 Å². The van der Waals surface area contributed by atoms with Crippen LogP contribution in [0.3, 0.4) is 0 Å². The van der Waals surface area contributed by atoms with E-state index in [1.165, 1.54) is 29.0 Å². The predicted octanol–water partition coefficient (Wildman–Crippen LogP) is 7.27. The summed E-state index contributed by atoms with van der Waals surface area (Å²) in [6.07, 6.45) is 1.81. The van der Waals surface area contributed by atoms with E-state index in [1.807, 2.05) is 36.4 Å². The molecule has 0 spiro atoms. The van der Waals surface area contributed by atoms with Crippen molar-refractivity contribution in [2.24, 2.45) is 4.99 Å². The first-order valence-corrected chi connectivity index (χ1v) is 11.3. The molecule has 7 heteroatoms. The van der Waals surface area contributed by atoms with Crippen molar-refractivity contribution in [3.8, 4) is 27.4 Å². The van der Waals surface area contributed by atoms with Crippen LogP contribution in [0.4, 0.5) is 10.8 Å². The fourth-order valence-corrected chi connectivity index (χ4v) is 4.27. The zero-order chi connectivity index (χ0) is 23.4. The lowest BCUT2D eigenvalue weighted by Crippen LogP contribution is -1.88. The lowest BCUT2D eigenvalue weighted by Gasteiger charge is -2.04. The quantitative estimate of drug-likeness (QED) is 0.166. The van der Waals surface area contributed by atoms with Gasteiger partial charge in [0.25, 0.3) is 5.69 Å². The Hall–Kier alpha value is -3.84. The number of non-ortho nitro benzene ring substituents is 1. The third-order valence-electron chi connectivity index (χ3n) is 5.25. The van der Waals surface area contributed by atoms with Gasteiger partial charge in [-0.15, -0.1) is 0 Å². The maximum absolute atomic E-state index is 11.0. The molecule has 3 aromatic carbocycles. The minimum atomic E-state index is -0.402. The van der Waals surface area contributed by atoms with Crippen molar-refractivity contribution in [3.05, 3.63) is 94.0 Å². The summed E-state index contributed by atoms with van der Waals surface area (Å²) in [4.78, 5) is 20.9. The van der Waals surface area contributed by atoms with Crippen LogP contribution in [0.15, 0.2) is 77.8 Å². The fraction of sp³-hybridized carbons (Fsp3) is 0.154. The molecule has 166 valence electrons. The molecule has 0 fully saturated rings. The molecular formula is C26H23N3O3S. The largest absolute Gasteiger partial charge is 0.497 e. The molecule has 0 atom stereocenters. The summed E-state index contributed by atoms with van der Waals surface area (Å²) >= 11 is 1.45. The number of nitrogens with zero attached hydrogens (tertiary/aromatic N) is 3. The summed E-state index contributed by atoms with van der Waals surface area (Å²) in [5, 5.41) is 11.7. The summed E-state index contributed by atoms with van der Waals surface area (Å²) < 4.78 is 5.27. The van der Waals surface area contributed by atoms with Gasteiger partial charge in [-0.2, -0.15) is 0 Å². The summed E-state index contributed by atoms with van der Waals surface area (Å²) in [6, 6.07) is 22.5. The Labute approximate surface area is 196 Å². The number of ether oxygens (including phenoxy) is 1. The third-order valence-corrected chi connectivity index (χ3v) is 6.26. The van der Waals surface area contributed by atoms with Gasteiger partial charge in [0, 0.05) is 23.9 Å². The van der Waals surface area contributed by atoms with Crippen LogP contribution in [0, 0.1) is 10.1 Å². The normalized spacial score (nSPS) is 11.3. The smallest absolute Gasteiger partial charge is 0.269 e. The maximum atomic E-state index is 11.0. The lowest BCUT2D eigenvalue weighted by molar-refractivity contribution is -0.384. The number of rotatable bonds is 7. The lowest BCUT2D eigenvalue weighted by atomic mass is 10.0. The average molecular weight is 458 g/mol. The van der Waals surface area contributed by atoms with Gasteiger partial charge < -0.3 is 4.74 Å². The van der Waals surface area contributed by atoms with Crippen molar-refractivity contribution in [3.63, 3.8) is 0 Å². The topological polar surface area (TPSA) is 77.6 Å². The Kier molecular flexibility index (Phi) is 6.60. The van der Waals surface area contributed by atoms with Crippen LogP contribution in [-0.2, 0) is 0 Å². The van der Waals surface area contributed by atoms with Gasteiger partial charge in [-0.25, -0.2) is 9.98 Å². The number of benzene rings is 3. The summed E-state index contributed by atoms with van der Waals surface area (Å²) in [5.41, 5.74) is 4.88. The Bertz CT molecular complexity index is 1280. The second-order valence-corrected chi connectivity index (χ2v) is 8.76. The highest BCUT2D eigenvalue weighted by atomic mass is 32.1. The second kappa shape index (κ2) is 9.75. The van der Waals surface area contributed by atoms with Gasteiger partial charge in [-0.3, -0.25) is 10.1 Å². The van der Waals surface area contributed by atoms with E-state index < -0.39 is 4.92 Å². The third kappa shape index (κ3) is 5.15. The molecule has 1 aromatic heterocycles. The van der Waals surface area contributed by atoms with E-state index in [2.05, 4.69) is 31.0 Å². The second-order valence-electron chi connectivity index (χ2n) is 7.79. The first-order valence-electron chi connectivity index (χ1n) is 10.5. The molecule has 0 radical (unpaired) electrons. The van der Waals surface area contributed by atoms with Gasteiger partial charge in [0.2, 0.25) is 5.13 Å². The highest BCUT2D eigenvalue weighted by Crippen LogP contribution is 2.41. The van der Waals surface area contributed by atoms with Crippen LogP contribution in [0.2, 0.25) is 0 Å². The van der Waals surface area contributed by atoms with Crippen molar-refractivity contribution >= 4 is 28.4 Å². The minimum absolute atomic E-state index is 0.0531. The van der Waals surface area contributed by atoms with Crippen LogP contribution in [0.1, 0.15) is 30.9 Å². The van der Waals surface area contributed by atoms with Crippen molar-refractivity contribution in [2.45, 2.75) is 19.8 Å². The molecular weight excluding hydrogens is 434 g/mol. The molecule has 0 saturated carbocycles. The van der Waals surface area contributed by atoms with Crippen molar-refractivity contribution in [1.82, 2.24) is 4.98 Å². The number of methoxy groups -OCH3 is 1. The zero-order valence-corrected chi connectivity index (χ0v) is 19.4. The monoisotopic (exact) mass is 457 g/mol. The summed E-state index contributed by atoms with van der Waals surface area (Å²) in [7, 11) is 1.63. The number of aliphatic imine (C=N–C) groups is 1. The molecule has 0 saturated heterocycles. The van der Waals surface area contributed by atoms with Crippen LogP contribution >= 0.6 is 11.3 Å². The highest BCUT2D eigenvalue weighted by molar-refractivity contribution is 7.19. The number of nitro benzene ring substituents is 1. The summed E-state index contributed by atoms with van der Waals surface area (Å²) in [5.74, 6) is 1.24. The van der Waals surface area contributed by atoms with Crippen LogP contribution in [0.25, 0.3) is 21.7 Å². The van der Waals surface area contributed by atoms with E-state index in [9.17, 15) is 10.1 Å². The van der Waals surface area contributed by atoms with E-state index in [4.69, 9.17) is 9.72 Å². The summed E-state index contributed by atoms with van der Waals surface area (Å²) in [6.45, 7) is 4.33. The predicted molar refractivity (Wildman–Crippen MR) is 134 cm³/mol. The first-order chi connectivity index (χ1) is 15.9. The molecule has 0 unspecified atom stereocenters. The van der Waals surface area contributed by atoms with Gasteiger partial charge >= 0.3 is 0 Å². The Morgan fingerprint density at radius 2 is 1.61 bits per heavy atom. The van der Waals surface area contributed by atoms with Crippen molar-refractivity contribution in [2.75, 3.05) is 7.11 Å². The van der Waals surface area contributed by atoms with Crippen LogP contribution < -0.4 is 4.74 Å². The fourth-order valence-electron chi connectivity index (χ4n) is 3.34. The van der Waals surface area contributed by atoms with Gasteiger partial charge in [-0.1, -0.05) is 49.4 Å². The molecule has 33 heavy (non-hydrogen) atoms. The molecule has 0 bridgehead atoms. The number of thiazole rings is 1. The van der Waals surface area contributed by atoms with Gasteiger partial charge in [0.1, 0.15) is 5.75 Å². The minimum Gasteiger partial charge on any atom is -0.497 e. The molecule has 6 nitrogen and oxygen atoms in total. The molecule has 0 aliphatic heterocycles. The Balaban J connectivity index is 1.71. The van der Waals surface area contributed by atoms with Gasteiger partial charge in [0.05, 0.1) is 22.6 Å². The Morgan fingerprint density at radius 3 is 2.18 bits per heavy atom. The van der Waals surface area contributed by atoms with Gasteiger partial charge in [-0.05, 0) is 59.0 Å². The highest BCUT2D eigenvalue weighted by Gasteiger charge is 2.16. The molecule has 0 aliphatic rings. The van der Waals surface area contributed by atoms with Crippen molar-refractivity contribution < 1.29 is 9.66 Å². The number of hydrogen-bond donors (Lipinski definition) is 0. The molecule has 4 rings (SSSR count). The maximum Gasteiger partial charge on any atom is 0.269 e. The van der Waals surface area contributed by atoms with E-state index in [-0.39, 0.29) is 5.69 Å². The number of nitro groups is 1. The first kappa shape index (κ1) is 22.4. The van der Waals surface area contributed by atoms with E-state index in [0.717, 1.165) is 33.0 Å². The molecule has 0 amide bonds. The Morgan fingerprint density at radius 1 is 0.970 bits per heavy atom. The number of aromatic nitrogens is 1. The number of hydrogen-bond acceptors (Lipinski definition) is 6. The molecule has 1 heterocycles. The molecule has 0 N–H and O–H groups in total. The molecule has 4 aromatic rings.